The molecule has 0 bridgehead atoms. The summed E-state index contributed by atoms with van der Waals surface area (Å²) < 4.78 is 20.8. The lowest BCUT2D eigenvalue weighted by atomic mass is 9.29. The number of benzene rings is 10. The minimum atomic E-state index is -0.374. The van der Waals surface area contributed by atoms with Crippen molar-refractivity contribution in [2.45, 2.75) is 0 Å². The highest BCUT2D eigenvalue weighted by atomic mass is 16.5. The van der Waals surface area contributed by atoms with Crippen LogP contribution >= 0.6 is 0 Å². The number of para-hydroxylation sites is 5. The second kappa shape index (κ2) is 15.3. The third-order valence-electron chi connectivity index (χ3n) is 15.8. The Hall–Kier alpha value is -10.3. The molecule has 0 spiro atoms. The summed E-state index contributed by atoms with van der Waals surface area (Å²) in [7, 11) is 0. The lowest BCUT2D eigenvalue weighted by Gasteiger charge is -2.45. The number of hydrogen-bond acceptors (Lipinski definition) is 9. The topological polar surface area (TPSA) is 109 Å². The lowest BCUT2D eigenvalue weighted by molar-refractivity contribution is 0.486. The van der Waals surface area contributed by atoms with Crippen LogP contribution in [0, 0.1) is 34.0 Å². The molecule has 0 atom stereocenters. The Balaban J connectivity index is 1.02. The summed E-state index contributed by atoms with van der Waals surface area (Å²) in [5.41, 5.74) is 18.9. The molecule has 0 amide bonds. The van der Waals surface area contributed by atoms with Gasteiger partial charge in [0.15, 0.2) is 0 Å². The van der Waals surface area contributed by atoms with E-state index in [0.717, 1.165) is 112 Å². The monoisotopic (exact) mass is 954 g/mol. The van der Waals surface area contributed by atoms with Gasteiger partial charge in [-0.15, -0.1) is 0 Å². The van der Waals surface area contributed by atoms with Crippen LogP contribution in [0.5, 0.6) is 34.5 Å². The van der Waals surface area contributed by atoms with Crippen LogP contribution in [0.25, 0.3) is 0 Å². The van der Waals surface area contributed by atoms with Crippen molar-refractivity contribution in [1.82, 2.24) is 0 Å². The van der Waals surface area contributed by atoms with Crippen molar-refractivity contribution in [3.05, 3.63) is 217 Å². The third kappa shape index (κ3) is 5.72. The first-order valence-corrected chi connectivity index (χ1v) is 24.9. The summed E-state index contributed by atoms with van der Waals surface area (Å²) in [6.07, 6.45) is 0. The molecule has 6 aliphatic rings. The first-order valence-electron chi connectivity index (χ1n) is 24.9. The highest BCUT2D eigenvalue weighted by Crippen LogP contribution is 2.48. The zero-order valence-corrected chi connectivity index (χ0v) is 39.7. The average molecular weight is 954 g/mol. The molecule has 12 heteroatoms. The van der Waals surface area contributed by atoms with E-state index in [2.05, 4.69) is 118 Å². The number of hydrogen-bond donors (Lipinski definition) is 0. The molecule has 0 aliphatic carbocycles. The Bertz CT molecular complexity index is 4330. The van der Waals surface area contributed by atoms with Crippen LogP contribution in [0.1, 0.15) is 16.7 Å². The molecular weight excluding hydrogens is 921 g/mol. The summed E-state index contributed by atoms with van der Waals surface area (Å²) in [5.74, 6) is 4.08. The van der Waals surface area contributed by atoms with E-state index in [-0.39, 0.29) is 20.1 Å². The van der Waals surface area contributed by atoms with Crippen LogP contribution in [-0.2, 0) is 0 Å². The summed E-state index contributed by atoms with van der Waals surface area (Å²) >= 11 is 0. The first kappa shape index (κ1) is 41.3. The smallest absolute Gasteiger partial charge is 0.256 e. The number of nitrogens with zero attached hydrogens (tertiary/aromatic N) is 6. The van der Waals surface area contributed by atoms with Gasteiger partial charge in [-0.05, 0) is 140 Å². The molecule has 0 aromatic heterocycles. The van der Waals surface area contributed by atoms with Crippen LogP contribution in [0.2, 0.25) is 0 Å². The van der Waals surface area contributed by atoms with Crippen molar-refractivity contribution in [2.24, 2.45) is 0 Å². The van der Waals surface area contributed by atoms with E-state index in [1.165, 1.54) is 0 Å². The number of rotatable bonds is 3. The average Bonchev–Trinajstić information content (AvgIpc) is 3.56. The normalized spacial score (nSPS) is 13.7. The van der Waals surface area contributed by atoms with E-state index < -0.39 is 0 Å². The Labute approximate surface area is 432 Å². The fourth-order valence-electron chi connectivity index (χ4n) is 12.9. The van der Waals surface area contributed by atoms with Crippen LogP contribution in [0.4, 0.5) is 51.2 Å². The summed E-state index contributed by atoms with van der Waals surface area (Å²) in [4.78, 5) is 6.79. The molecule has 0 saturated heterocycles. The van der Waals surface area contributed by atoms with E-state index in [9.17, 15) is 15.8 Å². The van der Waals surface area contributed by atoms with Crippen LogP contribution in [0.15, 0.2) is 200 Å². The van der Waals surface area contributed by atoms with Gasteiger partial charge in [-0.25, -0.2) is 0 Å². The van der Waals surface area contributed by atoms with Gasteiger partial charge in [0.2, 0.25) is 0 Å². The van der Waals surface area contributed by atoms with Crippen molar-refractivity contribution in [3.63, 3.8) is 0 Å². The molecule has 342 valence electrons. The van der Waals surface area contributed by atoms with Crippen LogP contribution in [0.3, 0.4) is 0 Å². The molecule has 6 aliphatic heterocycles. The van der Waals surface area contributed by atoms with Gasteiger partial charge in [-0.3, -0.25) is 0 Å². The summed E-state index contributed by atoms with van der Waals surface area (Å²) in [6.45, 7) is -0.885. The fourth-order valence-corrected chi connectivity index (χ4v) is 12.9. The highest BCUT2D eigenvalue weighted by molar-refractivity contribution is 7.03. The van der Waals surface area contributed by atoms with Gasteiger partial charge in [-0.2, -0.15) is 15.8 Å². The molecular formula is C63H33B3N6O3. The predicted molar refractivity (Wildman–Crippen MR) is 298 cm³/mol. The predicted octanol–water partition coefficient (Wildman–Crippen LogP) is 8.52. The van der Waals surface area contributed by atoms with Crippen LogP contribution in [-0.4, -0.2) is 20.1 Å². The Kier molecular flexibility index (Phi) is 8.45. The van der Waals surface area contributed by atoms with Gasteiger partial charge in [0.05, 0.1) is 34.9 Å². The molecule has 9 nitrogen and oxygen atoms in total. The number of nitriles is 3. The second-order valence-electron chi connectivity index (χ2n) is 19.7. The molecule has 0 N–H and O–H groups in total. The Morgan fingerprint density at radius 2 is 0.613 bits per heavy atom. The van der Waals surface area contributed by atoms with E-state index >= 15 is 0 Å². The molecule has 0 unspecified atom stereocenters. The SMILES string of the molecule is N#Cc1cc2c3c(c1)N(c1ccccc1)c1cc4c(cc1B3c1ccccc1O2)B1c2cc3c(cc2N(c2ccccc2)c2cc(C#N)cc(c21)O4)N(c1ccccc1)c1cc(C#N)cc2c1B3c1ccccc1O2. The fraction of sp³-hybridized carbons (Fsp3) is 0. The van der Waals surface area contributed by atoms with Gasteiger partial charge in [0.25, 0.3) is 20.1 Å². The van der Waals surface area contributed by atoms with Gasteiger partial charge >= 0.3 is 0 Å². The molecule has 6 heterocycles. The van der Waals surface area contributed by atoms with Gasteiger partial charge < -0.3 is 28.9 Å². The molecule has 75 heavy (non-hydrogen) atoms. The third-order valence-corrected chi connectivity index (χ3v) is 15.8. The molecule has 0 radical (unpaired) electrons. The molecule has 10 aromatic rings. The van der Waals surface area contributed by atoms with Crippen molar-refractivity contribution >= 4 is 120 Å². The van der Waals surface area contributed by atoms with Crippen molar-refractivity contribution in [3.8, 4) is 52.7 Å². The van der Waals surface area contributed by atoms with Gasteiger partial charge in [-0.1, -0.05) is 103 Å². The second-order valence-corrected chi connectivity index (χ2v) is 19.7. The van der Waals surface area contributed by atoms with Crippen LogP contribution < -0.4 is 78.1 Å². The minimum absolute atomic E-state index is 0.255. The Morgan fingerprint density at radius 1 is 0.280 bits per heavy atom. The zero-order valence-electron chi connectivity index (χ0n) is 39.7. The van der Waals surface area contributed by atoms with Crippen molar-refractivity contribution in [2.75, 3.05) is 14.7 Å². The highest BCUT2D eigenvalue weighted by Gasteiger charge is 2.49. The lowest BCUT2D eigenvalue weighted by Crippen LogP contribution is -2.65. The quantitative estimate of drug-likeness (QED) is 0.161. The van der Waals surface area contributed by atoms with Crippen molar-refractivity contribution < 1.29 is 14.2 Å². The molecule has 0 saturated carbocycles. The Morgan fingerprint density at radius 3 is 1.01 bits per heavy atom. The molecule has 0 fully saturated rings. The maximum atomic E-state index is 10.8. The number of ether oxygens (including phenoxy) is 3. The van der Waals surface area contributed by atoms with Gasteiger partial charge in [0.1, 0.15) is 34.5 Å². The van der Waals surface area contributed by atoms with E-state index in [0.29, 0.717) is 39.7 Å². The van der Waals surface area contributed by atoms with Gasteiger partial charge in [0, 0.05) is 57.3 Å². The van der Waals surface area contributed by atoms with E-state index in [1.807, 2.05) is 115 Å². The minimum Gasteiger partial charge on any atom is -0.458 e. The van der Waals surface area contributed by atoms with Crippen molar-refractivity contribution in [1.29, 1.82) is 15.8 Å². The van der Waals surface area contributed by atoms with E-state index in [1.54, 1.807) is 0 Å². The molecule has 16 rings (SSSR count). The standard InChI is InChI=1S/C63H33B3N6O3/c67-34-37-24-52-61-58(27-37)73-55-22-12-10-20-43(55)64(61)45-30-46-50(32-49(45)70(52)40-14-4-1-5-15-40)71(41-16-6-2-7-17-41)54-26-39(36-69)29-60-63(54)66(46)48-31-47-51(33-57(48)75-60)72(42-18-8-3-9-19-42)53-25-38(35-68)28-59-62(53)65(47)44-21-11-13-23-56(44)74-59/h1-33H. The largest absolute Gasteiger partial charge is 0.458 e. The summed E-state index contributed by atoms with van der Waals surface area (Å²) in [5, 5.41) is 31.8. The molecule has 10 aromatic carbocycles. The number of fused-ring (bicyclic) bond motifs is 12. The first-order chi connectivity index (χ1) is 37.0. The summed E-state index contributed by atoms with van der Waals surface area (Å²) in [6, 6.07) is 75.5. The van der Waals surface area contributed by atoms with E-state index in [4.69, 9.17) is 14.2 Å². The maximum absolute atomic E-state index is 10.8. The maximum Gasteiger partial charge on any atom is 0.256 e. The number of anilines is 9. The zero-order chi connectivity index (χ0) is 49.6.